The Morgan fingerprint density at radius 1 is 1.38 bits per heavy atom. The van der Waals surface area contributed by atoms with Crippen LogP contribution in [0.3, 0.4) is 0 Å². The highest BCUT2D eigenvalue weighted by molar-refractivity contribution is 5.78. The van der Waals surface area contributed by atoms with Crippen LogP contribution in [0.15, 0.2) is 29.2 Å². The molecule has 3 N–H and O–H groups in total. The quantitative estimate of drug-likeness (QED) is 0.747. The monoisotopic (exact) mass is 291 g/mol. The molecule has 0 aliphatic carbocycles. The number of H-pyrrole nitrogens is 1. The average molecular weight is 291 g/mol. The van der Waals surface area contributed by atoms with Crippen molar-refractivity contribution in [3.05, 3.63) is 52.2 Å². The summed E-state index contributed by atoms with van der Waals surface area (Å²) in [6.07, 6.45) is 1.45. The standard InChI is InChI=1S/C13H11F2N5O/c1-6(16)12-18-11-8(4-7(14)5-9(11)15)13(21)20(12)10-2-3-17-19-10/h2-6H,16H2,1H3,(H,17,19). The van der Waals surface area contributed by atoms with Crippen molar-refractivity contribution in [2.24, 2.45) is 5.73 Å². The third kappa shape index (κ3) is 2.09. The van der Waals surface area contributed by atoms with Crippen LogP contribution >= 0.6 is 0 Å². The van der Waals surface area contributed by atoms with Gasteiger partial charge in [0.2, 0.25) is 0 Å². The molecule has 0 aliphatic heterocycles. The molecule has 8 heteroatoms. The molecule has 0 saturated carbocycles. The van der Waals surface area contributed by atoms with Crippen molar-refractivity contribution >= 4 is 10.9 Å². The molecule has 2 aromatic heterocycles. The number of nitrogens with one attached hydrogen (secondary N) is 1. The Morgan fingerprint density at radius 3 is 2.76 bits per heavy atom. The maximum atomic E-state index is 13.8. The Hall–Kier alpha value is -2.61. The molecule has 0 bridgehead atoms. The van der Waals surface area contributed by atoms with Crippen LogP contribution in [0.5, 0.6) is 0 Å². The van der Waals surface area contributed by atoms with Gasteiger partial charge in [-0.05, 0) is 13.0 Å². The highest BCUT2D eigenvalue weighted by atomic mass is 19.1. The van der Waals surface area contributed by atoms with Crippen LogP contribution in [-0.2, 0) is 0 Å². The van der Waals surface area contributed by atoms with Crippen LogP contribution in [0.25, 0.3) is 16.7 Å². The van der Waals surface area contributed by atoms with Crippen LogP contribution in [0.4, 0.5) is 8.78 Å². The van der Waals surface area contributed by atoms with Crippen molar-refractivity contribution in [3.8, 4) is 5.82 Å². The molecule has 0 spiro atoms. The number of aromatic amines is 1. The largest absolute Gasteiger partial charge is 0.322 e. The number of fused-ring (bicyclic) bond motifs is 1. The molecule has 0 saturated heterocycles. The van der Waals surface area contributed by atoms with Gasteiger partial charge < -0.3 is 5.73 Å². The summed E-state index contributed by atoms with van der Waals surface area (Å²) >= 11 is 0. The minimum atomic E-state index is -0.902. The van der Waals surface area contributed by atoms with E-state index in [9.17, 15) is 13.6 Å². The van der Waals surface area contributed by atoms with E-state index in [1.165, 1.54) is 16.8 Å². The van der Waals surface area contributed by atoms with E-state index in [4.69, 9.17) is 5.73 Å². The zero-order valence-corrected chi connectivity index (χ0v) is 11.0. The van der Waals surface area contributed by atoms with E-state index >= 15 is 0 Å². The molecular weight excluding hydrogens is 280 g/mol. The van der Waals surface area contributed by atoms with E-state index in [1.807, 2.05) is 0 Å². The van der Waals surface area contributed by atoms with E-state index in [0.29, 0.717) is 11.9 Å². The first-order valence-electron chi connectivity index (χ1n) is 6.16. The lowest BCUT2D eigenvalue weighted by Gasteiger charge is -2.14. The van der Waals surface area contributed by atoms with E-state index in [2.05, 4.69) is 15.2 Å². The Bertz CT molecular complexity index is 870. The molecule has 1 unspecified atom stereocenters. The second-order valence-corrected chi connectivity index (χ2v) is 4.62. The maximum absolute atomic E-state index is 13.8. The van der Waals surface area contributed by atoms with Crippen molar-refractivity contribution in [1.29, 1.82) is 0 Å². The topological polar surface area (TPSA) is 89.6 Å². The Morgan fingerprint density at radius 2 is 2.14 bits per heavy atom. The summed E-state index contributed by atoms with van der Waals surface area (Å²) in [5.74, 6) is -1.27. The van der Waals surface area contributed by atoms with Gasteiger partial charge >= 0.3 is 0 Å². The molecule has 0 fully saturated rings. The van der Waals surface area contributed by atoms with E-state index in [-0.39, 0.29) is 16.7 Å². The Balaban J connectivity index is 2.49. The molecule has 0 aliphatic rings. The van der Waals surface area contributed by atoms with Gasteiger partial charge in [-0.2, -0.15) is 5.10 Å². The molecular formula is C13H11F2N5O. The third-order valence-electron chi connectivity index (χ3n) is 3.05. The SMILES string of the molecule is CC(N)c1nc2c(F)cc(F)cc2c(=O)n1-c1ccn[nH]1. The Labute approximate surface area is 117 Å². The highest BCUT2D eigenvalue weighted by Crippen LogP contribution is 2.19. The zero-order chi connectivity index (χ0) is 15.1. The van der Waals surface area contributed by atoms with Crippen molar-refractivity contribution < 1.29 is 8.78 Å². The summed E-state index contributed by atoms with van der Waals surface area (Å²) in [5, 5.41) is 6.21. The lowest BCUT2D eigenvalue weighted by atomic mass is 10.2. The fraction of sp³-hybridized carbons (Fsp3) is 0.154. The summed E-state index contributed by atoms with van der Waals surface area (Å²) in [7, 11) is 0. The summed E-state index contributed by atoms with van der Waals surface area (Å²) in [4.78, 5) is 16.6. The zero-order valence-electron chi connectivity index (χ0n) is 11.0. The molecule has 21 heavy (non-hydrogen) atoms. The number of halogens is 2. The number of hydrogen-bond donors (Lipinski definition) is 2. The fourth-order valence-corrected chi connectivity index (χ4v) is 2.14. The van der Waals surface area contributed by atoms with Crippen molar-refractivity contribution in [3.63, 3.8) is 0 Å². The van der Waals surface area contributed by atoms with Crippen LogP contribution in [-0.4, -0.2) is 19.7 Å². The lowest BCUT2D eigenvalue weighted by molar-refractivity contribution is 0.587. The molecule has 108 valence electrons. The van der Waals surface area contributed by atoms with Crippen LogP contribution in [0, 0.1) is 11.6 Å². The van der Waals surface area contributed by atoms with Gasteiger partial charge in [0.1, 0.15) is 23.0 Å². The fourth-order valence-electron chi connectivity index (χ4n) is 2.14. The van der Waals surface area contributed by atoms with Crippen LogP contribution in [0.2, 0.25) is 0 Å². The highest BCUT2D eigenvalue weighted by Gasteiger charge is 2.19. The normalized spacial score (nSPS) is 12.8. The first kappa shape index (κ1) is 13.4. The number of nitrogens with zero attached hydrogens (tertiary/aromatic N) is 3. The van der Waals surface area contributed by atoms with Gasteiger partial charge in [-0.15, -0.1) is 0 Å². The molecule has 0 amide bonds. The number of hydrogen-bond acceptors (Lipinski definition) is 4. The predicted octanol–water partition coefficient (Wildman–Crippen LogP) is 1.41. The van der Waals surface area contributed by atoms with E-state index in [0.717, 1.165) is 6.07 Å². The minimum Gasteiger partial charge on any atom is -0.322 e. The van der Waals surface area contributed by atoms with E-state index < -0.39 is 23.2 Å². The maximum Gasteiger partial charge on any atom is 0.267 e. The third-order valence-corrected chi connectivity index (χ3v) is 3.05. The van der Waals surface area contributed by atoms with E-state index in [1.54, 1.807) is 6.92 Å². The predicted molar refractivity (Wildman–Crippen MR) is 72.0 cm³/mol. The average Bonchev–Trinajstić information content (AvgIpc) is 2.92. The summed E-state index contributed by atoms with van der Waals surface area (Å²) < 4.78 is 28.3. The Kier molecular flexibility index (Phi) is 3.02. The van der Waals surface area contributed by atoms with Gasteiger partial charge in [0.05, 0.1) is 17.6 Å². The summed E-state index contributed by atoms with van der Waals surface area (Å²) in [5.41, 5.74) is 4.99. The molecule has 1 aromatic carbocycles. The van der Waals surface area contributed by atoms with Crippen LogP contribution < -0.4 is 11.3 Å². The number of rotatable bonds is 2. The van der Waals surface area contributed by atoms with Gasteiger partial charge in [-0.25, -0.2) is 18.3 Å². The summed E-state index contributed by atoms with van der Waals surface area (Å²) in [6.45, 7) is 1.61. The van der Waals surface area contributed by atoms with Gasteiger partial charge in [0.25, 0.3) is 5.56 Å². The second-order valence-electron chi connectivity index (χ2n) is 4.62. The second kappa shape index (κ2) is 4.74. The first-order valence-corrected chi connectivity index (χ1v) is 6.16. The number of aromatic nitrogens is 4. The van der Waals surface area contributed by atoms with Crippen molar-refractivity contribution in [2.75, 3.05) is 0 Å². The van der Waals surface area contributed by atoms with Gasteiger partial charge in [-0.3, -0.25) is 9.89 Å². The minimum absolute atomic E-state index is 0.155. The van der Waals surface area contributed by atoms with Gasteiger partial charge in [0.15, 0.2) is 5.82 Å². The number of benzene rings is 1. The summed E-state index contributed by atoms with van der Waals surface area (Å²) in [6, 6.07) is 2.54. The molecule has 6 nitrogen and oxygen atoms in total. The first-order chi connectivity index (χ1) is 9.99. The number of nitrogens with two attached hydrogens (primary N) is 1. The van der Waals surface area contributed by atoms with Crippen molar-refractivity contribution in [1.82, 2.24) is 19.7 Å². The molecule has 0 radical (unpaired) electrons. The van der Waals surface area contributed by atoms with Gasteiger partial charge in [0, 0.05) is 12.1 Å². The molecule has 1 atom stereocenters. The molecule has 3 rings (SSSR count). The molecule has 2 heterocycles. The van der Waals surface area contributed by atoms with Crippen LogP contribution in [0.1, 0.15) is 18.8 Å². The lowest BCUT2D eigenvalue weighted by Crippen LogP contribution is -2.28. The van der Waals surface area contributed by atoms with Gasteiger partial charge in [-0.1, -0.05) is 0 Å². The molecule has 3 aromatic rings. The smallest absolute Gasteiger partial charge is 0.267 e. The van der Waals surface area contributed by atoms with Crippen molar-refractivity contribution in [2.45, 2.75) is 13.0 Å².